The molecule has 0 aliphatic carbocycles. The second-order valence-electron chi connectivity index (χ2n) is 8.09. The molecule has 1 aliphatic rings. The van der Waals surface area contributed by atoms with Crippen molar-refractivity contribution in [2.75, 3.05) is 17.2 Å². The van der Waals surface area contributed by atoms with E-state index in [9.17, 15) is 14.3 Å². The number of nitrogen functional groups attached to an aromatic ring is 1. The van der Waals surface area contributed by atoms with Crippen molar-refractivity contribution >= 4 is 28.4 Å². The average Bonchev–Trinajstić information content (AvgIpc) is 3.18. The molecule has 33 heavy (non-hydrogen) atoms. The Morgan fingerprint density at radius 2 is 2.09 bits per heavy atom. The van der Waals surface area contributed by atoms with Gasteiger partial charge in [-0.3, -0.25) is 4.79 Å². The molecule has 9 heteroatoms. The Labute approximate surface area is 188 Å². The maximum atomic E-state index is 14.0. The number of nitrogens with zero attached hydrogens (tertiary/aromatic N) is 5. The largest absolute Gasteiger partial charge is 0.508 e. The van der Waals surface area contributed by atoms with Crippen LogP contribution < -0.4 is 10.6 Å². The Morgan fingerprint density at radius 3 is 2.85 bits per heavy atom. The number of carbonyl (C=O) groups is 1. The van der Waals surface area contributed by atoms with Crippen LogP contribution in [0.3, 0.4) is 0 Å². The quantitative estimate of drug-likeness (QED) is 0.468. The lowest BCUT2D eigenvalue weighted by Crippen LogP contribution is -2.40. The number of aromatic hydroxyl groups is 1. The van der Waals surface area contributed by atoms with Crippen LogP contribution in [0.15, 0.2) is 55.4 Å². The summed E-state index contributed by atoms with van der Waals surface area (Å²) in [7, 11) is 0. The molecule has 2 aromatic carbocycles. The lowest BCUT2D eigenvalue weighted by Gasteiger charge is -2.34. The fraction of sp³-hybridized carbons (Fsp3) is 0.167. The molecule has 4 aromatic rings. The third-order valence-corrected chi connectivity index (χ3v) is 5.84. The molecule has 3 heterocycles. The molecule has 0 saturated heterocycles. The van der Waals surface area contributed by atoms with E-state index in [4.69, 9.17) is 10.8 Å². The van der Waals surface area contributed by atoms with E-state index >= 15 is 0 Å². The van der Waals surface area contributed by atoms with Crippen LogP contribution >= 0.6 is 0 Å². The SMILES string of the molecule is C=CC(=O)N1CC(n2nc(-c3cc(O)cc(F)c3)c3c(N)ncnc32)Cc2cc(C)ccc21. The summed E-state index contributed by atoms with van der Waals surface area (Å²) in [6, 6.07) is 9.38. The number of benzene rings is 2. The molecule has 0 saturated carbocycles. The number of phenols is 1. The highest BCUT2D eigenvalue weighted by molar-refractivity contribution is 6.02. The topological polar surface area (TPSA) is 110 Å². The zero-order valence-electron chi connectivity index (χ0n) is 17.9. The lowest BCUT2D eigenvalue weighted by atomic mass is 9.96. The first-order chi connectivity index (χ1) is 15.9. The van der Waals surface area contributed by atoms with E-state index in [0.717, 1.165) is 22.9 Å². The Bertz CT molecular complexity index is 1410. The van der Waals surface area contributed by atoms with Gasteiger partial charge in [0.15, 0.2) is 5.65 Å². The third-order valence-electron chi connectivity index (χ3n) is 5.84. The molecule has 1 atom stereocenters. The van der Waals surface area contributed by atoms with Crippen LogP contribution in [0.5, 0.6) is 5.75 Å². The maximum absolute atomic E-state index is 14.0. The number of aryl methyl sites for hydroxylation is 1. The summed E-state index contributed by atoms with van der Waals surface area (Å²) in [5.41, 5.74) is 10.3. The van der Waals surface area contributed by atoms with Gasteiger partial charge >= 0.3 is 0 Å². The van der Waals surface area contributed by atoms with Crippen LogP contribution in [0.1, 0.15) is 17.2 Å². The normalized spacial score (nSPS) is 15.5. The first-order valence-corrected chi connectivity index (χ1v) is 10.4. The molecular weight excluding hydrogens is 423 g/mol. The van der Waals surface area contributed by atoms with Crippen LogP contribution in [-0.4, -0.2) is 37.3 Å². The van der Waals surface area contributed by atoms with Gasteiger partial charge in [0.05, 0.1) is 11.4 Å². The minimum absolute atomic E-state index is 0.191. The number of rotatable bonds is 3. The maximum Gasteiger partial charge on any atom is 0.250 e. The van der Waals surface area contributed by atoms with E-state index in [0.29, 0.717) is 35.3 Å². The summed E-state index contributed by atoms with van der Waals surface area (Å²) in [5.74, 6) is -0.859. The molecule has 1 amide bonds. The summed E-state index contributed by atoms with van der Waals surface area (Å²) in [5, 5.41) is 15.1. The molecule has 1 aliphatic heterocycles. The average molecular weight is 444 g/mol. The van der Waals surface area contributed by atoms with E-state index in [1.807, 2.05) is 25.1 Å². The van der Waals surface area contributed by atoms with Crippen molar-refractivity contribution in [3.05, 3.63) is 72.3 Å². The summed E-state index contributed by atoms with van der Waals surface area (Å²) in [4.78, 5) is 22.8. The Morgan fingerprint density at radius 1 is 1.27 bits per heavy atom. The number of carbonyl (C=O) groups excluding carboxylic acids is 1. The third kappa shape index (κ3) is 3.47. The van der Waals surface area contributed by atoms with Crippen molar-refractivity contribution in [1.29, 1.82) is 0 Å². The number of amides is 1. The zero-order chi connectivity index (χ0) is 23.3. The van der Waals surface area contributed by atoms with E-state index < -0.39 is 5.82 Å². The number of hydrogen-bond acceptors (Lipinski definition) is 6. The summed E-state index contributed by atoms with van der Waals surface area (Å²) < 4.78 is 15.8. The predicted octanol–water partition coefficient (Wildman–Crippen LogP) is 3.55. The van der Waals surface area contributed by atoms with E-state index in [1.165, 1.54) is 24.5 Å². The van der Waals surface area contributed by atoms with Crippen LogP contribution in [0.4, 0.5) is 15.9 Å². The molecule has 166 valence electrons. The van der Waals surface area contributed by atoms with Gasteiger partial charge in [0, 0.05) is 23.9 Å². The molecular formula is C24H21FN6O2. The Hall–Kier alpha value is -4.27. The standard InChI is InChI=1S/C24H21FN6O2/c1-3-20(33)30-11-17(8-14-6-13(2)4-5-19(14)30)31-24-21(23(26)27-12-28-24)22(29-31)15-7-16(25)10-18(32)9-15/h3-7,9-10,12,17,32H,1,8,11H2,2H3,(H2,26,27,28). The predicted molar refractivity (Wildman–Crippen MR) is 123 cm³/mol. The summed E-state index contributed by atoms with van der Waals surface area (Å²) >= 11 is 0. The molecule has 3 N–H and O–H groups in total. The van der Waals surface area contributed by atoms with Crippen molar-refractivity contribution < 1.29 is 14.3 Å². The van der Waals surface area contributed by atoms with E-state index in [1.54, 1.807) is 9.58 Å². The minimum atomic E-state index is -0.604. The van der Waals surface area contributed by atoms with Crippen molar-refractivity contribution in [2.24, 2.45) is 0 Å². The van der Waals surface area contributed by atoms with Gasteiger partial charge in [0.25, 0.3) is 0 Å². The Balaban J connectivity index is 1.70. The molecule has 0 spiro atoms. The first-order valence-electron chi connectivity index (χ1n) is 10.4. The van der Waals surface area contributed by atoms with Gasteiger partial charge < -0.3 is 15.7 Å². The second kappa shape index (κ2) is 7.70. The number of aromatic nitrogens is 4. The summed E-state index contributed by atoms with van der Waals surface area (Å²) in [6.45, 7) is 5.97. The number of halogens is 1. The number of anilines is 2. The Kier molecular flexibility index (Phi) is 4.81. The van der Waals surface area contributed by atoms with Crippen molar-refractivity contribution in [3.63, 3.8) is 0 Å². The van der Waals surface area contributed by atoms with Gasteiger partial charge in [0.2, 0.25) is 5.91 Å². The van der Waals surface area contributed by atoms with Crippen LogP contribution in [0.25, 0.3) is 22.3 Å². The number of nitrogens with two attached hydrogens (primary N) is 1. The smallest absolute Gasteiger partial charge is 0.250 e. The highest BCUT2D eigenvalue weighted by atomic mass is 19.1. The number of fused-ring (bicyclic) bond motifs is 2. The van der Waals surface area contributed by atoms with Gasteiger partial charge in [-0.2, -0.15) is 5.10 Å². The van der Waals surface area contributed by atoms with Crippen LogP contribution in [0.2, 0.25) is 0 Å². The van der Waals surface area contributed by atoms with Crippen LogP contribution in [-0.2, 0) is 11.2 Å². The van der Waals surface area contributed by atoms with Gasteiger partial charge in [-0.25, -0.2) is 19.0 Å². The molecule has 2 aromatic heterocycles. The number of hydrogen-bond donors (Lipinski definition) is 2. The van der Waals surface area contributed by atoms with E-state index in [2.05, 4.69) is 16.5 Å². The van der Waals surface area contributed by atoms with Gasteiger partial charge in [-0.05, 0) is 43.2 Å². The highest BCUT2D eigenvalue weighted by Crippen LogP contribution is 2.37. The number of phenolic OH excluding ortho intramolecular Hbond substituents is 1. The van der Waals surface area contributed by atoms with Gasteiger partial charge in [-0.1, -0.05) is 24.3 Å². The summed E-state index contributed by atoms with van der Waals surface area (Å²) in [6.07, 6.45) is 3.23. The fourth-order valence-corrected chi connectivity index (χ4v) is 4.41. The molecule has 5 rings (SSSR count). The first kappa shape index (κ1) is 20.6. The van der Waals surface area contributed by atoms with Gasteiger partial charge in [0.1, 0.15) is 29.4 Å². The van der Waals surface area contributed by atoms with E-state index in [-0.39, 0.29) is 23.5 Å². The molecule has 0 radical (unpaired) electrons. The molecule has 0 bridgehead atoms. The fourth-order valence-electron chi connectivity index (χ4n) is 4.41. The second-order valence-corrected chi connectivity index (χ2v) is 8.09. The molecule has 1 unspecified atom stereocenters. The zero-order valence-corrected chi connectivity index (χ0v) is 17.9. The molecule has 0 fully saturated rings. The van der Waals surface area contributed by atoms with Crippen LogP contribution in [0, 0.1) is 12.7 Å². The van der Waals surface area contributed by atoms with Crippen molar-refractivity contribution in [1.82, 2.24) is 19.7 Å². The van der Waals surface area contributed by atoms with Crippen molar-refractivity contribution in [2.45, 2.75) is 19.4 Å². The van der Waals surface area contributed by atoms with Gasteiger partial charge in [-0.15, -0.1) is 0 Å². The lowest BCUT2D eigenvalue weighted by molar-refractivity contribution is -0.114. The van der Waals surface area contributed by atoms with Crippen molar-refractivity contribution in [3.8, 4) is 17.0 Å². The monoisotopic (exact) mass is 444 g/mol. The highest BCUT2D eigenvalue weighted by Gasteiger charge is 2.31. The molecule has 8 nitrogen and oxygen atoms in total. The minimum Gasteiger partial charge on any atom is -0.508 e.